The Morgan fingerprint density at radius 2 is 2.29 bits per heavy atom. The predicted molar refractivity (Wildman–Crippen MR) is 64.6 cm³/mol. The second-order valence-corrected chi connectivity index (χ2v) is 4.42. The largest absolute Gasteiger partial charge is 0.376 e. The molecule has 1 aromatic heterocycles. The van der Waals surface area contributed by atoms with Gasteiger partial charge in [0.05, 0.1) is 17.7 Å². The van der Waals surface area contributed by atoms with Crippen molar-refractivity contribution in [3.05, 3.63) is 16.5 Å². The van der Waals surface area contributed by atoms with Gasteiger partial charge in [-0.1, -0.05) is 11.6 Å². The van der Waals surface area contributed by atoms with Gasteiger partial charge in [-0.25, -0.2) is 9.97 Å². The van der Waals surface area contributed by atoms with Crippen LogP contribution in [-0.4, -0.2) is 35.0 Å². The van der Waals surface area contributed by atoms with Crippen molar-refractivity contribution >= 4 is 23.7 Å². The number of carbonyl (C=O) groups is 1. The molecule has 2 rings (SSSR count). The number of rotatable bonds is 3. The standard InChI is InChI=1S/C11H14ClN3O2/c1-6-9(3-4-17-6)15-11-8(5-16)10(12)13-7(2)14-11/h5-6,9H,3-4H2,1-2H3,(H,13,14,15). The van der Waals surface area contributed by atoms with E-state index in [2.05, 4.69) is 15.3 Å². The van der Waals surface area contributed by atoms with Gasteiger partial charge in [-0.2, -0.15) is 0 Å². The fraction of sp³-hybridized carbons (Fsp3) is 0.545. The van der Waals surface area contributed by atoms with Crippen LogP contribution in [0.5, 0.6) is 0 Å². The summed E-state index contributed by atoms with van der Waals surface area (Å²) in [5, 5.41) is 3.38. The van der Waals surface area contributed by atoms with E-state index in [1.54, 1.807) is 6.92 Å². The number of hydrogen-bond acceptors (Lipinski definition) is 5. The summed E-state index contributed by atoms with van der Waals surface area (Å²) in [7, 11) is 0. The summed E-state index contributed by atoms with van der Waals surface area (Å²) in [6, 6.07) is 0.152. The van der Waals surface area contributed by atoms with Crippen LogP contribution < -0.4 is 5.32 Å². The summed E-state index contributed by atoms with van der Waals surface area (Å²) in [6.45, 7) is 4.44. The Kier molecular flexibility index (Phi) is 3.59. The maximum Gasteiger partial charge on any atom is 0.156 e. The zero-order valence-corrected chi connectivity index (χ0v) is 10.5. The summed E-state index contributed by atoms with van der Waals surface area (Å²) in [4.78, 5) is 19.1. The molecule has 2 unspecified atom stereocenters. The van der Waals surface area contributed by atoms with Gasteiger partial charge < -0.3 is 10.1 Å². The second-order valence-electron chi connectivity index (χ2n) is 4.06. The molecule has 1 saturated heterocycles. The topological polar surface area (TPSA) is 64.1 Å². The van der Waals surface area contributed by atoms with Crippen LogP contribution in [0.1, 0.15) is 29.5 Å². The van der Waals surface area contributed by atoms with Gasteiger partial charge in [0, 0.05) is 6.61 Å². The van der Waals surface area contributed by atoms with E-state index >= 15 is 0 Å². The van der Waals surface area contributed by atoms with Crippen molar-refractivity contribution in [3.8, 4) is 0 Å². The van der Waals surface area contributed by atoms with E-state index in [0.717, 1.165) is 6.42 Å². The number of aldehydes is 1. The number of carbonyl (C=O) groups excluding carboxylic acids is 1. The lowest BCUT2D eigenvalue weighted by atomic mass is 10.1. The van der Waals surface area contributed by atoms with Crippen LogP contribution in [0.3, 0.4) is 0 Å². The molecule has 2 atom stereocenters. The Morgan fingerprint density at radius 3 is 2.88 bits per heavy atom. The average Bonchev–Trinajstić information content (AvgIpc) is 2.64. The maximum absolute atomic E-state index is 11.0. The SMILES string of the molecule is Cc1nc(Cl)c(C=O)c(NC2CCOC2C)n1. The number of nitrogens with one attached hydrogen (secondary N) is 1. The van der Waals surface area contributed by atoms with Gasteiger partial charge >= 0.3 is 0 Å². The number of aryl methyl sites for hydroxylation is 1. The van der Waals surface area contributed by atoms with E-state index in [4.69, 9.17) is 16.3 Å². The van der Waals surface area contributed by atoms with Crippen LogP contribution >= 0.6 is 11.6 Å². The summed E-state index contributed by atoms with van der Waals surface area (Å²) < 4.78 is 5.44. The lowest BCUT2D eigenvalue weighted by Gasteiger charge is -2.18. The van der Waals surface area contributed by atoms with Crippen molar-refractivity contribution in [2.45, 2.75) is 32.4 Å². The Balaban J connectivity index is 2.28. The van der Waals surface area contributed by atoms with Crippen LogP contribution in [0.25, 0.3) is 0 Å². The number of hydrogen-bond donors (Lipinski definition) is 1. The average molecular weight is 256 g/mol. The highest BCUT2D eigenvalue weighted by molar-refractivity contribution is 6.32. The molecule has 6 heteroatoms. The summed E-state index contributed by atoms with van der Waals surface area (Å²) in [5.41, 5.74) is 0.302. The van der Waals surface area contributed by atoms with Crippen LogP contribution in [0.2, 0.25) is 5.15 Å². The molecule has 1 fully saturated rings. The third kappa shape index (κ3) is 2.56. The van der Waals surface area contributed by atoms with Crippen LogP contribution in [-0.2, 0) is 4.74 Å². The highest BCUT2D eigenvalue weighted by atomic mass is 35.5. The van der Waals surface area contributed by atoms with Crippen LogP contribution in [0.15, 0.2) is 0 Å². The number of ether oxygens (including phenoxy) is 1. The van der Waals surface area contributed by atoms with E-state index in [0.29, 0.717) is 30.1 Å². The molecule has 0 saturated carbocycles. The number of anilines is 1. The quantitative estimate of drug-likeness (QED) is 0.660. The first-order valence-electron chi connectivity index (χ1n) is 5.49. The molecular weight excluding hydrogens is 242 g/mol. The minimum absolute atomic E-state index is 0.101. The third-order valence-corrected chi connectivity index (χ3v) is 3.12. The first-order valence-corrected chi connectivity index (χ1v) is 5.87. The second kappa shape index (κ2) is 4.98. The third-order valence-electron chi connectivity index (χ3n) is 2.83. The van der Waals surface area contributed by atoms with Crippen molar-refractivity contribution in [1.82, 2.24) is 9.97 Å². The molecule has 17 heavy (non-hydrogen) atoms. The van der Waals surface area contributed by atoms with E-state index in [9.17, 15) is 4.79 Å². The Bertz CT molecular complexity index is 439. The van der Waals surface area contributed by atoms with Crippen molar-refractivity contribution in [3.63, 3.8) is 0 Å². The molecule has 0 radical (unpaired) electrons. The molecule has 1 N–H and O–H groups in total. The Labute approximate surface area is 105 Å². The minimum Gasteiger partial charge on any atom is -0.376 e. The molecule has 1 aliphatic rings. The van der Waals surface area contributed by atoms with Crippen molar-refractivity contribution < 1.29 is 9.53 Å². The molecule has 1 aromatic rings. The van der Waals surface area contributed by atoms with Crippen LogP contribution in [0, 0.1) is 6.92 Å². The molecule has 5 nitrogen and oxygen atoms in total. The maximum atomic E-state index is 11.0. The zero-order chi connectivity index (χ0) is 12.4. The highest BCUT2D eigenvalue weighted by Crippen LogP contribution is 2.23. The van der Waals surface area contributed by atoms with Crippen molar-refractivity contribution in [2.75, 3.05) is 11.9 Å². The van der Waals surface area contributed by atoms with E-state index in [1.165, 1.54) is 0 Å². The fourth-order valence-electron chi connectivity index (χ4n) is 1.86. The highest BCUT2D eigenvalue weighted by Gasteiger charge is 2.25. The van der Waals surface area contributed by atoms with Gasteiger partial charge in [0.1, 0.15) is 16.8 Å². The van der Waals surface area contributed by atoms with Gasteiger partial charge in [-0.15, -0.1) is 0 Å². The van der Waals surface area contributed by atoms with Gasteiger partial charge in [0.2, 0.25) is 0 Å². The summed E-state index contributed by atoms with van der Waals surface area (Å²) in [6.07, 6.45) is 1.66. The first kappa shape index (κ1) is 12.3. The lowest BCUT2D eigenvalue weighted by molar-refractivity contribution is 0.112. The van der Waals surface area contributed by atoms with Crippen LogP contribution in [0.4, 0.5) is 5.82 Å². The van der Waals surface area contributed by atoms with Gasteiger partial charge in [0.25, 0.3) is 0 Å². The lowest BCUT2D eigenvalue weighted by Crippen LogP contribution is -2.28. The molecule has 0 bridgehead atoms. The summed E-state index contributed by atoms with van der Waals surface area (Å²) in [5.74, 6) is 1.02. The Hall–Kier alpha value is -1.20. The monoisotopic (exact) mass is 255 g/mol. The smallest absolute Gasteiger partial charge is 0.156 e. The van der Waals surface area contributed by atoms with E-state index in [1.807, 2.05) is 6.92 Å². The number of aromatic nitrogens is 2. The molecule has 0 spiro atoms. The molecule has 1 aliphatic heterocycles. The van der Waals surface area contributed by atoms with E-state index < -0.39 is 0 Å². The molecule has 0 aliphatic carbocycles. The number of halogens is 1. The van der Waals surface area contributed by atoms with Crippen molar-refractivity contribution in [2.24, 2.45) is 0 Å². The Morgan fingerprint density at radius 1 is 1.53 bits per heavy atom. The van der Waals surface area contributed by atoms with E-state index in [-0.39, 0.29) is 17.3 Å². The van der Waals surface area contributed by atoms with Gasteiger partial charge in [0.15, 0.2) is 6.29 Å². The molecule has 92 valence electrons. The normalized spacial score (nSPS) is 23.7. The first-order chi connectivity index (χ1) is 8.11. The molecule has 2 heterocycles. The molecule has 0 amide bonds. The number of nitrogens with zero attached hydrogens (tertiary/aromatic N) is 2. The van der Waals surface area contributed by atoms with Gasteiger partial charge in [-0.05, 0) is 20.3 Å². The zero-order valence-electron chi connectivity index (χ0n) is 9.74. The predicted octanol–water partition coefficient (Wildman–Crippen LogP) is 1.84. The van der Waals surface area contributed by atoms with Gasteiger partial charge in [-0.3, -0.25) is 4.79 Å². The minimum atomic E-state index is 0.101. The fourth-order valence-corrected chi connectivity index (χ4v) is 2.11. The molecule has 0 aromatic carbocycles. The molecular formula is C11H14ClN3O2. The van der Waals surface area contributed by atoms with Crippen molar-refractivity contribution in [1.29, 1.82) is 0 Å². The summed E-state index contributed by atoms with van der Waals surface area (Å²) >= 11 is 5.90.